The average molecular weight is 267 g/mol. The first kappa shape index (κ1) is 14.8. The van der Waals surface area contributed by atoms with Crippen LogP contribution < -0.4 is 0 Å². The Bertz CT molecular complexity index is 286. The van der Waals surface area contributed by atoms with Gasteiger partial charge in [0.1, 0.15) is 0 Å². The number of rotatable bonds is 5. The summed E-state index contributed by atoms with van der Waals surface area (Å²) < 4.78 is 0. The highest BCUT2D eigenvalue weighted by Gasteiger charge is 2.31. The topological polar surface area (TPSA) is 40.5 Å². The molecule has 0 spiro atoms. The van der Waals surface area contributed by atoms with Crippen molar-refractivity contribution >= 4 is 5.97 Å². The van der Waals surface area contributed by atoms with Crippen LogP contribution in [0.2, 0.25) is 0 Å². The molecule has 110 valence electrons. The lowest BCUT2D eigenvalue weighted by molar-refractivity contribution is -0.139. The molecule has 3 nitrogen and oxygen atoms in total. The zero-order valence-electron chi connectivity index (χ0n) is 12.3. The van der Waals surface area contributed by atoms with Crippen LogP contribution in [0.15, 0.2) is 0 Å². The van der Waals surface area contributed by atoms with Crippen LogP contribution in [0, 0.1) is 5.92 Å². The Morgan fingerprint density at radius 3 is 2.26 bits per heavy atom. The summed E-state index contributed by atoms with van der Waals surface area (Å²) in [5.74, 6) is 0.225. The van der Waals surface area contributed by atoms with Crippen molar-refractivity contribution in [2.75, 3.05) is 6.54 Å². The third kappa shape index (κ3) is 4.20. The third-order valence-corrected chi connectivity index (χ3v) is 5.22. The van der Waals surface area contributed by atoms with Gasteiger partial charge in [-0.2, -0.15) is 0 Å². The Morgan fingerprint density at radius 2 is 1.63 bits per heavy atom. The van der Waals surface area contributed by atoms with Crippen molar-refractivity contribution < 1.29 is 9.90 Å². The molecule has 0 aromatic carbocycles. The number of hydrogen-bond donors (Lipinski definition) is 1. The quantitative estimate of drug-likeness (QED) is 0.773. The number of aliphatic carboxylic acids is 1. The first-order chi connectivity index (χ1) is 9.20. The van der Waals surface area contributed by atoms with Crippen molar-refractivity contribution in [1.29, 1.82) is 0 Å². The van der Waals surface area contributed by atoms with E-state index >= 15 is 0 Å². The van der Waals surface area contributed by atoms with Gasteiger partial charge in [-0.1, -0.05) is 39.0 Å². The Kier molecular flexibility index (Phi) is 5.68. The van der Waals surface area contributed by atoms with E-state index in [1.807, 2.05) is 0 Å². The maximum absolute atomic E-state index is 11.2. The average Bonchev–Trinajstić information content (AvgIpc) is 2.80. The fourth-order valence-corrected chi connectivity index (χ4v) is 4.05. The van der Waals surface area contributed by atoms with E-state index in [1.165, 1.54) is 64.2 Å². The standard InChI is InChI=1S/C16H29NO2/c1-2-13-6-5-9-15(11-10-13)17(12-16(18)19)14-7-3-4-8-14/h13-15H,2-12H2,1H3,(H,18,19). The van der Waals surface area contributed by atoms with Crippen molar-refractivity contribution in [1.82, 2.24) is 4.90 Å². The summed E-state index contributed by atoms with van der Waals surface area (Å²) in [6.07, 6.45) is 12.6. The minimum Gasteiger partial charge on any atom is -0.480 e. The number of carboxylic acids is 1. The molecule has 0 aromatic heterocycles. The van der Waals surface area contributed by atoms with Crippen LogP contribution in [0.25, 0.3) is 0 Å². The lowest BCUT2D eigenvalue weighted by Gasteiger charge is -2.35. The van der Waals surface area contributed by atoms with Gasteiger partial charge in [-0.25, -0.2) is 0 Å². The molecule has 2 aliphatic carbocycles. The highest BCUT2D eigenvalue weighted by molar-refractivity contribution is 5.69. The van der Waals surface area contributed by atoms with Gasteiger partial charge in [0.05, 0.1) is 6.54 Å². The van der Waals surface area contributed by atoms with Crippen LogP contribution >= 0.6 is 0 Å². The van der Waals surface area contributed by atoms with Gasteiger partial charge >= 0.3 is 5.97 Å². The molecule has 2 fully saturated rings. The third-order valence-electron chi connectivity index (χ3n) is 5.22. The molecule has 2 atom stereocenters. The number of carboxylic acid groups (broad SMARTS) is 1. The predicted octanol–water partition coefficient (Wildman–Crippen LogP) is 3.67. The normalized spacial score (nSPS) is 29.6. The molecule has 0 heterocycles. The zero-order chi connectivity index (χ0) is 13.7. The van der Waals surface area contributed by atoms with Gasteiger partial charge in [0.25, 0.3) is 0 Å². The largest absolute Gasteiger partial charge is 0.480 e. The highest BCUT2D eigenvalue weighted by atomic mass is 16.4. The first-order valence-corrected chi connectivity index (χ1v) is 8.18. The van der Waals surface area contributed by atoms with Crippen LogP contribution in [0.1, 0.15) is 71.1 Å². The van der Waals surface area contributed by atoms with E-state index in [2.05, 4.69) is 11.8 Å². The zero-order valence-corrected chi connectivity index (χ0v) is 12.3. The van der Waals surface area contributed by atoms with Gasteiger partial charge < -0.3 is 5.11 Å². The Labute approximate surface area is 117 Å². The van der Waals surface area contributed by atoms with E-state index in [0.717, 1.165) is 5.92 Å². The molecule has 0 aliphatic heterocycles. The monoisotopic (exact) mass is 267 g/mol. The van der Waals surface area contributed by atoms with Gasteiger partial charge in [-0.3, -0.25) is 9.69 Å². The molecule has 1 N–H and O–H groups in total. The summed E-state index contributed by atoms with van der Waals surface area (Å²) in [5.41, 5.74) is 0. The smallest absolute Gasteiger partial charge is 0.317 e. The lowest BCUT2D eigenvalue weighted by atomic mass is 9.97. The van der Waals surface area contributed by atoms with E-state index in [4.69, 9.17) is 0 Å². The van der Waals surface area contributed by atoms with Gasteiger partial charge in [0.2, 0.25) is 0 Å². The van der Waals surface area contributed by atoms with Gasteiger partial charge in [0, 0.05) is 12.1 Å². The Hall–Kier alpha value is -0.570. The van der Waals surface area contributed by atoms with Crippen molar-refractivity contribution in [3.63, 3.8) is 0 Å². The minimum atomic E-state index is -0.650. The van der Waals surface area contributed by atoms with Gasteiger partial charge in [-0.15, -0.1) is 0 Å². The number of hydrogen-bond acceptors (Lipinski definition) is 2. The van der Waals surface area contributed by atoms with Crippen molar-refractivity contribution in [2.24, 2.45) is 5.92 Å². The molecule has 0 aromatic rings. The summed E-state index contributed by atoms with van der Waals surface area (Å²) in [4.78, 5) is 13.5. The van der Waals surface area contributed by atoms with Gasteiger partial charge in [-0.05, 0) is 38.0 Å². The maximum atomic E-state index is 11.2. The molecule has 2 saturated carbocycles. The minimum absolute atomic E-state index is 0.256. The second-order valence-electron chi connectivity index (χ2n) is 6.44. The number of nitrogens with zero attached hydrogens (tertiary/aromatic N) is 1. The molecule has 0 radical (unpaired) electrons. The molecule has 2 rings (SSSR count). The summed E-state index contributed by atoms with van der Waals surface area (Å²) in [6.45, 7) is 2.54. The van der Waals surface area contributed by atoms with Crippen LogP contribution in [-0.4, -0.2) is 34.6 Å². The molecule has 2 unspecified atom stereocenters. The van der Waals surface area contributed by atoms with Gasteiger partial charge in [0.15, 0.2) is 0 Å². The molecule has 0 saturated heterocycles. The van der Waals surface area contributed by atoms with Crippen LogP contribution in [0.5, 0.6) is 0 Å². The van der Waals surface area contributed by atoms with E-state index in [1.54, 1.807) is 0 Å². The summed E-state index contributed by atoms with van der Waals surface area (Å²) in [7, 11) is 0. The predicted molar refractivity (Wildman–Crippen MR) is 77.3 cm³/mol. The van der Waals surface area contributed by atoms with Crippen molar-refractivity contribution in [3.8, 4) is 0 Å². The Morgan fingerprint density at radius 1 is 1.00 bits per heavy atom. The van der Waals surface area contributed by atoms with E-state index in [-0.39, 0.29) is 6.54 Å². The SMILES string of the molecule is CCC1CCCC(N(CC(=O)O)C2CCCC2)CC1. The molecule has 19 heavy (non-hydrogen) atoms. The van der Waals surface area contributed by atoms with Crippen LogP contribution in [0.4, 0.5) is 0 Å². The fraction of sp³-hybridized carbons (Fsp3) is 0.938. The lowest BCUT2D eigenvalue weighted by Crippen LogP contribution is -2.44. The fourth-order valence-electron chi connectivity index (χ4n) is 4.05. The molecule has 0 bridgehead atoms. The molecule has 0 amide bonds. The number of carbonyl (C=O) groups is 1. The first-order valence-electron chi connectivity index (χ1n) is 8.18. The van der Waals surface area contributed by atoms with Crippen molar-refractivity contribution in [3.05, 3.63) is 0 Å². The Balaban J connectivity index is 1.98. The van der Waals surface area contributed by atoms with Crippen molar-refractivity contribution in [2.45, 2.75) is 83.2 Å². The van der Waals surface area contributed by atoms with E-state index in [9.17, 15) is 9.90 Å². The maximum Gasteiger partial charge on any atom is 0.317 e. The molecular weight excluding hydrogens is 238 g/mol. The van der Waals surface area contributed by atoms with Crippen LogP contribution in [0.3, 0.4) is 0 Å². The second kappa shape index (κ2) is 7.28. The second-order valence-corrected chi connectivity index (χ2v) is 6.44. The summed E-state index contributed by atoms with van der Waals surface area (Å²) in [6, 6.07) is 1.06. The van der Waals surface area contributed by atoms with Crippen LogP contribution in [-0.2, 0) is 4.79 Å². The molecule has 3 heteroatoms. The summed E-state index contributed by atoms with van der Waals surface area (Å²) >= 11 is 0. The van der Waals surface area contributed by atoms with E-state index in [0.29, 0.717) is 12.1 Å². The molecular formula is C16H29NO2. The summed E-state index contributed by atoms with van der Waals surface area (Å²) in [5, 5.41) is 9.20. The highest BCUT2D eigenvalue weighted by Crippen LogP contribution is 2.32. The van der Waals surface area contributed by atoms with E-state index < -0.39 is 5.97 Å². The molecule has 2 aliphatic rings.